The molecule has 1 aliphatic heterocycles. The van der Waals surface area contributed by atoms with E-state index in [-0.39, 0.29) is 0 Å². The average Bonchev–Trinajstić information content (AvgIpc) is 3.97. The molecular formula is C56H57Cl2SiZr-3. The fraction of sp³-hybridized carbons (Fsp3) is 0.250. The smallest absolute Gasteiger partial charge is 0.0920 e. The zero-order chi connectivity index (χ0) is 42.4. The van der Waals surface area contributed by atoms with E-state index in [0.29, 0.717) is 11.8 Å². The molecule has 0 spiro atoms. The summed E-state index contributed by atoms with van der Waals surface area (Å²) in [5.74, 6) is 1.34. The van der Waals surface area contributed by atoms with Gasteiger partial charge in [0.1, 0.15) is 0 Å². The molecule has 0 N–H and O–H groups in total. The van der Waals surface area contributed by atoms with E-state index in [2.05, 4.69) is 193 Å². The molecule has 0 atom stereocenters. The largest absolute Gasteiger partial charge is 0.184 e. The molecule has 1 heterocycles. The number of aryl methyl sites for hydroxylation is 2. The first-order valence-corrected chi connectivity index (χ1v) is 28.9. The molecule has 8 aromatic rings. The molecule has 4 heteroatoms. The van der Waals surface area contributed by atoms with Gasteiger partial charge in [-0.1, -0.05) is 172 Å². The third-order valence-electron chi connectivity index (χ3n) is 10.9. The Morgan fingerprint density at radius 2 is 1.02 bits per heavy atom. The van der Waals surface area contributed by atoms with Gasteiger partial charge in [0, 0.05) is 0 Å². The molecule has 0 nitrogen and oxygen atoms in total. The van der Waals surface area contributed by atoms with Gasteiger partial charge in [0.05, 0.1) is 9.52 Å². The van der Waals surface area contributed by atoms with Gasteiger partial charge >= 0.3 is 37.9 Å². The van der Waals surface area contributed by atoms with E-state index >= 15 is 0 Å². The number of benzene rings is 6. The predicted octanol–water partition coefficient (Wildman–Crippen LogP) is 15.3. The Balaban J connectivity index is 0.000000150. The van der Waals surface area contributed by atoms with Crippen molar-refractivity contribution in [1.82, 2.24) is 0 Å². The Hall–Kier alpha value is -3.78. The fourth-order valence-corrected chi connectivity index (χ4v) is 9.79. The third kappa shape index (κ3) is 11.8. The molecule has 0 unspecified atom stereocenters. The second kappa shape index (κ2) is 22.9. The van der Waals surface area contributed by atoms with Crippen molar-refractivity contribution < 1.29 is 20.8 Å². The summed E-state index contributed by atoms with van der Waals surface area (Å²) < 4.78 is 0. The average molecular weight is 920 g/mol. The van der Waals surface area contributed by atoms with E-state index in [4.69, 9.17) is 17.0 Å². The van der Waals surface area contributed by atoms with Crippen LogP contribution in [0, 0.1) is 17.9 Å². The van der Waals surface area contributed by atoms with Crippen LogP contribution in [0.15, 0.2) is 152 Å². The summed E-state index contributed by atoms with van der Waals surface area (Å²) >= 11 is -0.826. The van der Waals surface area contributed by atoms with Gasteiger partial charge in [-0.3, -0.25) is 0 Å². The Kier molecular flexibility index (Phi) is 17.4. The number of rotatable bonds is 10. The van der Waals surface area contributed by atoms with Crippen LogP contribution < -0.4 is 10.4 Å². The van der Waals surface area contributed by atoms with E-state index < -0.39 is 20.8 Å². The minimum Gasteiger partial charge on any atom is -0.184 e. The Morgan fingerprint density at radius 1 is 0.567 bits per heavy atom. The van der Waals surface area contributed by atoms with Gasteiger partial charge in [-0.15, -0.1) is 74.6 Å². The van der Waals surface area contributed by atoms with Crippen LogP contribution >= 0.6 is 17.0 Å². The zero-order valence-corrected chi connectivity index (χ0v) is 41.1. The van der Waals surface area contributed by atoms with Crippen molar-refractivity contribution in [2.75, 3.05) is 0 Å². The molecule has 2 radical (unpaired) electrons. The van der Waals surface area contributed by atoms with Gasteiger partial charge in [-0.2, -0.15) is 41.6 Å². The minimum atomic E-state index is -0.826. The van der Waals surface area contributed by atoms with E-state index in [9.17, 15) is 0 Å². The standard InChI is InChI=1S/2C22H25.C12H7Si.2ClH.Zr/c2*1-4-8-17-14-19-11-12-20(13-16(2)3)22(21(19)15-17)18-9-6-5-7-10-18;1-3-7-11-9(5-1)10-6-2-4-8-12(10)13-11;;;/h2*5-7,9-12,14-16H,4,8,13H2,1-3H3;1-7H;2*1H;/q3*-1;;;+2/p-2. The van der Waals surface area contributed by atoms with Gasteiger partial charge in [-0.05, 0) is 48.6 Å². The summed E-state index contributed by atoms with van der Waals surface area (Å²) in [6, 6.07) is 58.7. The van der Waals surface area contributed by atoms with Crippen LogP contribution in [0.2, 0.25) is 0 Å². The van der Waals surface area contributed by atoms with E-state index in [0.717, 1.165) is 22.4 Å². The number of fused-ring (bicyclic) bond motifs is 5. The van der Waals surface area contributed by atoms with E-state index in [1.807, 2.05) is 6.07 Å². The number of halogens is 2. The van der Waals surface area contributed by atoms with Crippen LogP contribution in [0.1, 0.15) is 76.6 Å². The molecule has 306 valence electrons. The molecule has 0 aliphatic carbocycles. The normalized spacial score (nSPS) is 11.3. The Bertz CT molecular complexity index is 2370. The van der Waals surface area contributed by atoms with Crippen molar-refractivity contribution >= 4 is 58.5 Å². The van der Waals surface area contributed by atoms with Gasteiger partial charge < -0.3 is 0 Å². The summed E-state index contributed by atoms with van der Waals surface area (Å²) in [6.07, 6.45) is 7.01. The molecule has 0 bridgehead atoms. The minimum absolute atomic E-state index is 0.671. The van der Waals surface area contributed by atoms with E-state index in [1.165, 1.54) is 113 Å². The Morgan fingerprint density at radius 3 is 1.48 bits per heavy atom. The second-order valence-corrected chi connectivity index (χ2v) is 21.6. The maximum absolute atomic E-state index is 4.93. The molecule has 0 aromatic heterocycles. The molecule has 0 saturated carbocycles. The predicted molar refractivity (Wildman–Crippen MR) is 262 cm³/mol. The van der Waals surface area contributed by atoms with Crippen LogP contribution in [0.4, 0.5) is 0 Å². The Labute approximate surface area is 381 Å². The molecule has 1 aliphatic rings. The quantitative estimate of drug-likeness (QED) is 0.0947. The van der Waals surface area contributed by atoms with Crippen LogP contribution in [0.5, 0.6) is 0 Å². The van der Waals surface area contributed by atoms with Crippen LogP contribution in [-0.4, -0.2) is 9.52 Å². The van der Waals surface area contributed by atoms with Crippen molar-refractivity contribution in [1.29, 1.82) is 0 Å². The molecule has 60 heavy (non-hydrogen) atoms. The molecule has 8 aromatic carbocycles. The van der Waals surface area contributed by atoms with Gasteiger partial charge in [0.25, 0.3) is 0 Å². The SMILES string of the molecule is CCCc1cc2c(-c3ccccc3)c(CC(C)C)ccc2[cH-]1.CCCc1cc2c(-c3ccccc3)c(CC(C)C)ccc2[cH-]1.[Cl][Zr][Cl].[c-]1cccc2c1[Si]c1ccccc1-2. The molecular weight excluding hydrogens is 863 g/mol. The summed E-state index contributed by atoms with van der Waals surface area (Å²) in [4.78, 5) is 0. The topological polar surface area (TPSA) is 0 Å². The van der Waals surface area contributed by atoms with Crippen LogP contribution in [-0.2, 0) is 46.5 Å². The van der Waals surface area contributed by atoms with Crippen molar-refractivity contribution in [3.63, 3.8) is 0 Å². The van der Waals surface area contributed by atoms with Crippen LogP contribution in [0.25, 0.3) is 54.9 Å². The number of hydrogen-bond acceptors (Lipinski definition) is 0. The first kappa shape index (κ1) is 45.7. The maximum atomic E-state index is 4.93. The molecule has 0 amide bonds. The van der Waals surface area contributed by atoms with Gasteiger partial charge in [0.2, 0.25) is 0 Å². The first-order valence-electron chi connectivity index (χ1n) is 21.6. The van der Waals surface area contributed by atoms with Crippen molar-refractivity contribution in [2.24, 2.45) is 11.8 Å². The summed E-state index contributed by atoms with van der Waals surface area (Å²) in [7, 11) is 10.7. The molecule has 0 fully saturated rings. The monoisotopic (exact) mass is 917 g/mol. The maximum Gasteiger partial charge on any atom is 0.0920 e. The summed E-state index contributed by atoms with van der Waals surface area (Å²) in [5, 5.41) is 8.44. The second-order valence-electron chi connectivity index (χ2n) is 16.6. The van der Waals surface area contributed by atoms with Crippen LogP contribution in [0.3, 0.4) is 0 Å². The first-order chi connectivity index (χ1) is 29.2. The van der Waals surface area contributed by atoms with E-state index in [1.54, 1.807) is 0 Å². The summed E-state index contributed by atoms with van der Waals surface area (Å²) in [6.45, 7) is 13.7. The van der Waals surface area contributed by atoms with Gasteiger partial charge in [-0.25, -0.2) is 0 Å². The molecule has 9 rings (SSSR count). The zero-order valence-electron chi connectivity index (χ0n) is 36.1. The summed E-state index contributed by atoms with van der Waals surface area (Å²) in [5.41, 5.74) is 14.2. The van der Waals surface area contributed by atoms with Gasteiger partial charge in [0.15, 0.2) is 0 Å². The third-order valence-corrected chi connectivity index (χ3v) is 12.2. The number of hydrogen-bond donors (Lipinski definition) is 0. The van der Waals surface area contributed by atoms with Crippen molar-refractivity contribution in [3.05, 3.63) is 180 Å². The van der Waals surface area contributed by atoms with Crippen molar-refractivity contribution in [3.8, 4) is 33.4 Å². The fourth-order valence-electron chi connectivity index (χ4n) is 8.48. The molecule has 0 saturated heterocycles. The van der Waals surface area contributed by atoms with Crippen molar-refractivity contribution in [2.45, 2.75) is 80.1 Å².